The zero-order valence-corrected chi connectivity index (χ0v) is 11.3. The summed E-state index contributed by atoms with van der Waals surface area (Å²) in [4.78, 5) is 33.9. The lowest BCUT2D eigenvalue weighted by Gasteiger charge is -2.06. The van der Waals surface area contributed by atoms with Gasteiger partial charge >= 0.3 is 5.97 Å². The first-order chi connectivity index (χ1) is 9.63. The van der Waals surface area contributed by atoms with Gasteiger partial charge in [-0.2, -0.15) is 0 Å². The third-order valence-electron chi connectivity index (χ3n) is 2.34. The van der Waals surface area contributed by atoms with Gasteiger partial charge in [-0.05, 0) is 19.1 Å². The standard InChI is InChI=1S/C13H18N2O5/c1-2-19-12(17)6-5-11(16)14-7-8-15-13(18)10-4-3-9-20-10/h3-4,9H,2,5-8H2,1H3,(H,14,16)(H,15,18). The SMILES string of the molecule is CCOC(=O)CCC(=O)NCCNC(=O)c1ccco1. The quantitative estimate of drug-likeness (QED) is 0.533. The molecule has 2 N–H and O–H groups in total. The van der Waals surface area contributed by atoms with Gasteiger partial charge in [-0.25, -0.2) is 0 Å². The molecule has 0 saturated heterocycles. The van der Waals surface area contributed by atoms with Crippen LogP contribution < -0.4 is 10.6 Å². The maximum atomic E-state index is 11.5. The second-order valence-corrected chi connectivity index (χ2v) is 3.89. The summed E-state index contributed by atoms with van der Waals surface area (Å²) in [7, 11) is 0. The first kappa shape index (κ1) is 15.7. The molecule has 0 bridgehead atoms. The van der Waals surface area contributed by atoms with Gasteiger partial charge < -0.3 is 19.8 Å². The average Bonchev–Trinajstić information content (AvgIpc) is 2.95. The highest BCUT2D eigenvalue weighted by atomic mass is 16.5. The molecule has 1 rings (SSSR count). The Balaban J connectivity index is 2.07. The molecule has 0 saturated carbocycles. The molecule has 1 aromatic heterocycles. The van der Waals surface area contributed by atoms with Gasteiger partial charge in [0, 0.05) is 19.5 Å². The van der Waals surface area contributed by atoms with Crippen LogP contribution in [0.1, 0.15) is 30.3 Å². The molecule has 0 aliphatic carbocycles. The molecule has 1 aromatic rings. The molecule has 0 aliphatic heterocycles. The van der Waals surface area contributed by atoms with Crippen LogP contribution in [0, 0.1) is 0 Å². The third-order valence-corrected chi connectivity index (χ3v) is 2.34. The molecule has 0 radical (unpaired) electrons. The van der Waals surface area contributed by atoms with Crippen LogP contribution in [-0.2, 0) is 14.3 Å². The van der Waals surface area contributed by atoms with Crippen LogP contribution in [-0.4, -0.2) is 37.5 Å². The molecule has 0 fully saturated rings. The third kappa shape index (κ3) is 6.03. The second kappa shape index (κ2) is 8.73. The molecule has 7 nitrogen and oxygen atoms in total. The lowest BCUT2D eigenvalue weighted by molar-refractivity contribution is -0.144. The van der Waals surface area contributed by atoms with Gasteiger partial charge in [-0.15, -0.1) is 0 Å². The molecule has 0 aromatic carbocycles. The van der Waals surface area contributed by atoms with Crippen LogP contribution in [0.25, 0.3) is 0 Å². The van der Waals surface area contributed by atoms with E-state index in [4.69, 9.17) is 9.15 Å². The van der Waals surface area contributed by atoms with Gasteiger partial charge in [0.1, 0.15) is 0 Å². The van der Waals surface area contributed by atoms with Crippen LogP contribution in [0.3, 0.4) is 0 Å². The van der Waals surface area contributed by atoms with Crippen LogP contribution in [0.4, 0.5) is 0 Å². The van der Waals surface area contributed by atoms with E-state index in [2.05, 4.69) is 10.6 Å². The maximum absolute atomic E-state index is 11.5. The van der Waals surface area contributed by atoms with Crippen molar-refractivity contribution in [2.75, 3.05) is 19.7 Å². The summed E-state index contributed by atoms with van der Waals surface area (Å²) in [5, 5.41) is 5.18. The van der Waals surface area contributed by atoms with Crippen LogP contribution >= 0.6 is 0 Å². The fourth-order valence-electron chi connectivity index (χ4n) is 1.41. The van der Waals surface area contributed by atoms with Gasteiger partial charge in [0.15, 0.2) is 5.76 Å². The number of rotatable bonds is 8. The summed E-state index contributed by atoms with van der Waals surface area (Å²) in [6, 6.07) is 3.17. The highest BCUT2D eigenvalue weighted by molar-refractivity contribution is 5.91. The summed E-state index contributed by atoms with van der Waals surface area (Å²) < 4.78 is 9.61. The molecule has 7 heteroatoms. The number of esters is 1. The van der Waals surface area contributed by atoms with Crippen molar-refractivity contribution in [3.63, 3.8) is 0 Å². The summed E-state index contributed by atoms with van der Waals surface area (Å²) in [6.07, 6.45) is 1.54. The molecule has 0 unspecified atom stereocenters. The fourth-order valence-corrected chi connectivity index (χ4v) is 1.41. The van der Waals surface area contributed by atoms with Gasteiger partial charge in [0.2, 0.25) is 5.91 Å². The number of ether oxygens (including phenoxy) is 1. The van der Waals surface area contributed by atoms with Gasteiger partial charge in [0.25, 0.3) is 5.91 Å². The van der Waals surface area contributed by atoms with Crippen LogP contribution in [0.2, 0.25) is 0 Å². The monoisotopic (exact) mass is 282 g/mol. The number of amides is 2. The van der Waals surface area contributed by atoms with Crippen LogP contribution in [0.5, 0.6) is 0 Å². The normalized spacial score (nSPS) is 9.85. The van der Waals surface area contributed by atoms with Crippen molar-refractivity contribution < 1.29 is 23.5 Å². The number of carbonyl (C=O) groups is 3. The van der Waals surface area contributed by atoms with Crippen molar-refractivity contribution >= 4 is 17.8 Å². The summed E-state index contributed by atoms with van der Waals surface area (Å²) in [5.41, 5.74) is 0. The largest absolute Gasteiger partial charge is 0.466 e. The van der Waals surface area contributed by atoms with Crippen molar-refractivity contribution in [2.45, 2.75) is 19.8 Å². The summed E-state index contributed by atoms with van der Waals surface area (Å²) in [5.74, 6) is -0.770. The predicted octanol–water partition coefficient (Wildman–Crippen LogP) is 0.469. The Morgan fingerprint density at radius 1 is 1.20 bits per heavy atom. The Morgan fingerprint density at radius 2 is 1.95 bits per heavy atom. The Labute approximate surface area is 116 Å². The smallest absolute Gasteiger partial charge is 0.306 e. The number of carbonyl (C=O) groups excluding carboxylic acids is 3. The Kier molecular flexibility index (Phi) is 6.88. The van der Waals surface area contributed by atoms with Gasteiger partial charge in [-0.3, -0.25) is 14.4 Å². The lowest BCUT2D eigenvalue weighted by Crippen LogP contribution is -2.34. The summed E-state index contributed by atoms with van der Waals surface area (Å²) >= 11 is 0. The predicted molar refractivity (Wildman–Crippen MR) is 69.9 cm³/mol. The average molecular weight is 282 g/mol. The Morgan fingerprint density at radius 3 is 2.60 bits per heavy atom. The Hall–Kier alpha value is -2.31. The van der Waals surface area contributed by atoms with Crippen LogP contribution in [0.15, 0.2) is 22.8 Å². The van der Waals surface area contributed by atoms with E-state index in [-0.39, 0.29) is 43.5 Å². The van der Waals surface area contributed by atoms with E-state index in [0.717, 1.165) is 0 Å². The molecule has 20 heavy (non-hydrogen) atoms. The first-order valence-electron chi connectivity index (χ1n) is 6.37. The molecule has 0 spiro atoms. The van der Waals surface area contributed by atoms with E-state index >= 15 is 0 Å². The number of furan rings is 1. The maximum Gasteiger partial charge on any atom is 0.306 e. The van der Waals surface area contributed by atoms with Crippen molar-refractivity contribution in [2.24, 2.45) is 0 Å². The molecule has 0 aliphatic rings. The van der Waals surface area contributed by atoms with Crippen molar-refractivity contribution in [3.05, 3.63) is 24.2 Å². The molecule has 1 heterocycles. The van der Waals surface area contributed by atoms with Crippen molar-refractivity contribution in [1.82, 2.24) is 10.6 Å². The van der Waals surface area contributed by atoms with Crippen molar-refractivity contribution in [3.8, 4) is 0 Å². The highest BCUT2D eigenvalue weighted by Crippen LogP contribution is 1.98. The molecular formula is C13H18N2O5. The lowest BCUT2D eigenvalue weighted by atomic mass is 10.3. The summed E-state index contributed by atoms with van der Waals surface area (Å²) in [6.45, 7) is 2.58. The van der Waals surface area contributed by atoms with E-state index < -0.39 is 5.97 Å². The number of nitrogens with one attached hydrogen (secondary N) is 2. The minimum absolute atomic E-state index is 0.0540. The number of hydrogen-bond donors (Lipinski definition) is 2. The molecule has 2 amide bonds. The fraction of sp³-hybridized carbons (Fsp3) is 0.462. The molecule has 110 valence electrons. The first-order valence-corrected chi connectivity index (χ1v) is 6.37. The minimum atomic E-state index is -0.395. The van der Waals surface area contributed by atoms with E-state index in [9.17, 15) is 14.4 Å². The van der Waals surface area contributed by atoms with E-state index in [1.807, 2.05) is 0 Å². The second-order valence-electron chi connectivity index (χ2n) is 3.89. The molecule has 0 atom stereocenters. The molecular weight excluding hydrogens is 264 g/mol. The zero-order chi connectivity index (χ0) is 14.8. The van der Waals surface area contributed by atoms with E-state index in [0.29, 0.717) is 6.61 Å². The van der Waals surface area contributed by atoms with Gasteiger partial charge in [-0.1, -0.05) is 0 Å². The highest BCUT2D eigenvalue weighted by Gasteiger charge is 2.08. The van der Waals surface area contributed by atoms with E-state index in [1.54, 1.807) is 19.1 Å². The minimum Gasteiger partial charge on any atom is -0.466 e. The topological polar surface area (TPSA) is 97.6 Å². The Bertz CT molecular complexity index is 442. The zero-order valence-electron chi connectivity index (χ0n) is 11.3. The van der Waals surface area contributed by atoms with Gasteiger partial charge in [0.05, 0.1) is 19.3 Å². The number of hydrogen-bond acceptors (Lipinski definition) is 5. The van der Waals surface area contributed by atoms with E-state index in [1.165, 1.54) is 6.26 Å². The van der Waals surface area contributed by atoms with Crippen molar-refractivity contribution in [1.29, 1.82) is 0 Å².